The molecule has 0 aromatic heterocycles. The van der Waals surface area contributed by atoms with Crippen LogP contribution in [0.2, 0.25) is 0 Å². The maximum absolute atomic E-state index is 11.4. The van der Waals surface area contributed by atoms with E-state index in [1.165, 1.54) is 6.08 Å². The molecule has 1 heterocycles. The number of aliphatic hydroxyl groups excluding tert-OH is 2. The van der Waals surface area contributed by atoms with Gasteiger partial charge in [-0.3, -0.25) is 4.79 Å². The van der Waals surface area contributed by atoms with Gasteiger partial charge < -0.3 is 35.9 Å². The number of carbonyl (C=O) groups excluding carboxylic acids is 2. The van der Waals surface area contributed by atoms with Crippen LogP contribution in [0.3, 0.4) is 0 Å². The number of carbonyl (C=O) groups is 2. The molecule has 0 bridgehead atoms. The lowest BCUT2D eigenvalue weighted by Gasteiger charge is -2.36. The molecule has 1 rings (SSSR count). The summed E-state index contributed by atoms with van der Waals surface area (Å²) >= 11 is 0. The van der Waals surface area contributed by atoms with E-state index >= 15 is 0 Å². The van der Waals surface area contributed by atoms with Gasteiger partial charge >= 0.3 is 11.9 Å². The summed E-state index contributed by atoms with van der Waals surface area (Å²) in [4.78, 5) is 22.1. The molecule has 0 aromatic rings. The minimum absolute atomic E-state index is 0.199. The van der Waals surface area contributed by atoms with Gasteiger partial charge in [0.1, 0.15) is 24.9 Å². The van der Waals surface area contributed by atoms with Gasteiger partial charge in [-0.05, 0) is 6.08 Å². The molecule has 1 aliphatic heterocycles. The highest BCUT2D eigenvalue weighted by atomic mass is 16.6. The van der Waals surface area contributed by atoms with Crippen molar-refractivity contribution < 1.29 is 34.0 Å². The normalized spacial score (nSPS) is 27.9. The van der Waals surface area contributed by atoms with Gasteiger partial charge in [0.05, 0.1) is 13.2 Å². The second-order valence-electron chi connectivity index (χ2n) is 4.62. The summed E-state index contributed by atoms with van der Waals surface area (Å²) < 4.78 is 14.3. The Bertz CT molecular complexity index is 426. The molecule has 0 saturated carbocycles. The Morgan fingerprint density at radius 2 is 2.05 bits per heavy atom. The van der Waals surface area contributed by atoms with E-state index in [0.717, 1.165) is 14.0 Å². The summed E-state index contributed by atoms with van der Waals surface area (Å²) in [5.74, 6) is -1.58. The first kappa shape index (κ1) is 17.4. The highest BCUT2D eigenvalue weighted by Crippen LogP contribution is 2.21. The van der Waals surface area contributed by atoms with Crippen LogP contribution in [-0.4, -0.2) is 66.3 Å². The molecule has 6 N–H and O–H groups in total. The van der Waals surface area contributed by atoms with Crippen LogP contribution < -0.4 is 11.5 Å². The van der Waals surface area contributed by atoms with Gasteiger partial charge in [0, 0.05) is 13.0 Å². The highest BCUT2D eigenvalue weighted by molar-refractivity contribution is 5.86. The lowest BCUT2D eigenvalue weighted by atomic mass is 9.93. The van der Waals surface area contributed by atoms with Crippen molar-refractivity contribution in [3.8, 4) is 0 Å². The van der Waals surface area contributed by atoms with E-state index in [-0.39, 0.29) is 5.76 Å². The number of esters is 2. The molecule has 9 nitrogen and oxygen atoms in total. The van der Waals surface area contributed by atoms with Gasteiger partial charge in [0.15, 0.2) is 0 Å². The van der Waals surface area contributed by atoms with Crippen LogP contribution >= 0.6 is 0 Å². The molecule has 0 fully saturated rings. The first-order valence-corrected chi connectivity index (χ1v) is 6.25. The van der Waals surface area contributed by atoms with Gasteiger partial charge in [-0.1, -0.05) is 0 Å². The predicted octanol–water partition coefficient (Wildman–Crippen LogP) is -2.62. The zero-order chi connectivity index (χ0) is 16.2. The third kappa shape index (κ3) is 4.39. The average molecular weight is 304 g/mol. The topological polar surface area (TPSA) is 154 Å². The lowest BCUT2D eigenvalue weighted by molar-refractivity contribution is -0.154. The molecule has 0 amide bonds. The SMILES string of the molecule is COC(=O)C1=C[C@H](N)[C@@H](N)[C@H]([C@H](O)[C@H](O)COC(C)=O)O1. The predicted molar refractivity (Wildman–Crippen MR) is 69.6 cm³/mol. The standard InChI is InChI=1S/C12H20N2O7/c1-5(15)20-4-7(16)10(17)11-9(14)6(13)3-8(21-11)12(18)19-2/h3,6-7,9-11,16-17H,4,13-14H2,1-2H3/t6-,7+,9+,10+,11+/m0/s1. The van der Waals surface area contributed by atoms with Crippen LogP contribution in [-0.2, 0) is 23.8 Å². The van der Waals surface area contributed by atoms with Crippen LogP contribution in [0.1, 0.15) is 6.92 Å². The minimum Gasteiger partial charge on any atom is -0.479 e. The third-order valence-electron chi connectivity index (χ3n) is 3.01. The Kier molecular flexibility index (Phi) is 6.09. The first-order valence-electron chi connectivity index (χ1n) is 6.25. The van der Waals surface area contributed by atoms with Crippen molar-refractivity contribution >= 4 is 11.9 Å². The summed E-state index contributed by atoms with van der Waals surface area (Å²) in [7, 11) is 1.16. The number of nitrogens with two attached hydrogens (primary N) is 2. The van der Waals surface area contributed by atoms with Gasteiger partial charge in [0.25, 0.3) is 0 Å². The van der Waals surface area contributed by atoms with E-state index in [9.17, 15) is 19.8 Å². The molecule has 0 aliphatic carbocycles. The molecule has 0 saturated heterocycles. The molecular weight excluding hydrogens is 284 g/mol. The molecule has 120 valence electrons. The Labute approximate surface area is 121 Å². The van der Waals surface area contributed by atoms with Crippen LogP contribution in [0.15, 0.2) is 11.8 Å². The summed E-state index contributed by atoms with van der Waals surface area (Å²) in [5, 5.41) is 19.8. The molecule has 21 heavy (non-hydrogen) atoms. The van der Waals surface area contributed by atoms with Crippen LogP contribution in [0, 0.1) is 0 Å². The summed E-state index contributed by atoms with van der Waals surface area (Å²) in [6.45, 7) is 0.728. The van der Waals surface area contributed by atoms with Gasteiger partial charge in [-0.15, -0.1) is 0 Å². The summed E-state index contributed by atoms with van der Waals surface area (Å²) in [6.07, 6.45) is -2.81. The number of rotatable bonds is 5. The van der Waals surface area contributed by atoms with Crippen LogP contribution in [0.4, 0.5) is 0 Å². The number of hydrogen-bond donors (Lipinski definition) is 4. The van der Waals surface area contributed by atoms with E-state index in [2.05, 4.69) is 9.47 Å². The zero-order valence-corrected chi connectivity index (χ0v) is 11.8. The molecular formula is C12H20N2O7. The van der Waals surface area contributed by atoms with Gasteiger partial charge in [0.2, 0.25) is 5.76 Å². The second-order valence-corrected chi connectivity index (χ2v) is 4.62. The number of ether oxygens (including phenoxy) is 3. The number of aliphatic hydroxyl groups is 2. The fraction of sp³-hybridized carbons (Fsp3) is 0.667. The Balaban J connectivity index is 2.78. The first-order chi connectivity index (χ1) is 9.77. The zero-order valence-electron chi connectivity index (χ0n) is 11.8. The summed E-state index contributed by atoms with van der Waals surface area (Å²) in [5.41, 5.74) is 11.5. The molecule has 0 spiro atoms. The fourth-order valence-corrected chi connectivity index (χ4v) is 1.80. The Morgan fingerprint density at radius 3 is 2.57 bits per heavy atom. The van der Waals surface area contributed by atoms with E-state index < -0.39 is 48.9 Å². The van der Waals surface area contributed by atoms with Crippen molar-refractivity contribution in [2.75, 3.05) is 13.7 Å². The van der Waals surface area contributed by atoms with Crippen molar-refractivity contribution in [2.45, 2.75) is 37.3 Å². The smallest absolute Gasteiger partial charge is 0.373 e. The van der Waals surface area contributed by atoms with Gasteiger partial charge in [-0.25, -0.2) is 4.79 Å². The third-order valence-corrected chi connectivity index (χ3v) is 3.01. The van der Waals surface area contributed by atoms with E-state index in [0.29, 0.717) is 0 Å². The molecule has 0 unspecified atom stereocenters. The molecule has 9 heteroatoms. The highest BCUT2D eigenvalue weighted by Gasteiger charge is 2.40. The van der Waals surface area contributed by atoms with E-state index in [1.807, 2.05) is 0 Å². The Morgan fingerprint density at radius 1 is 1.43 bits per heavy atom. The van der Waals surface area contributed by atoms with Crippen molar-refractivity contribution in [2.24, 2.45) is 11.5 Å². The largest absolute Gasteiger partial charge is 0.479 e. The van der Waals surface area contributed by atoms with E-state index in [1.54, 1.807) is 0 Å². The number of hydrogen-bond acceptors (Lipinski definition) is 9. The summed E-state index contributed by atoms with van der Waals surface area (Å²) in [6, 6.07) is -1.63. The Hall–Kier alpha value is -1.68. The van der Waals surface area contributed by atoms with Crippen molar-refractivity contribution in [3.63, 3.8) is 0 Å². The molecule has 0 radical (unpaired) electrons. The molecule has 5 atom stereocenters. The van der Waals surface area contributed by atoms with Crippen molar-refractivity contribution in [1.82, 2.24) is 0 Å². The average Bonchev–Trinajstić information content (AvgIpc) is 2.45. The molecule has 1 aliphatic rings. The quantitative estimate of drug-likeness (QED) is 0.399. The maximum atomic E-state index is 11.4. The second kappa shape index (κ2) is 7.36. The molecule has 0 aromatic carbocycles. The van der Waals surface area contributed by atoms with Gasteiger partial charge in [-0.2, -0.15) is 0 Å². The van der Waals surface area contributed by atoms with Crippen LogP contribution in [0.25, 0.3) is 0 Å². The minimum atomic E-state index is -1.50. The van der Waals surface area contributed by atoms with E-state index in [4.69, 9.17) is 16.2 Å². The van der Waals surface area contributed by atoms with Crippen LogP contribution in [0.5, 0.6) is 0 Å². The fourth-order valence-electron chi connectivity index (χ4n) is 1.80. The number of methoxy groups -OCH3 is 1. The van der Waals surface area contributed by atoms with Crippen molar-refractivity contribution in [3.05, 3.63) is 11.8 Å². The van der Waals surface area contributed by atoms with Crippen molar-refractivity contribution in [1.29, 1.82) is 0 Å². The lowest BCUT2D eigenvalue weighted by Crippen LogP contribution is -2.59. The maximum Gasteiger partial charge on any atom is 0.373 e. The monoisotopic (exact) mass is 304 g/mol.